The second-order valence-electron chi connectivity index (χ2n) is 6.13. The molecule has 12 heteroatoms. The molecule has 0 aliphatic rings. The molecule has 1 amide bonds. The predicted octanol–water partition coefficient (Wildman–Crippen LogP) is 4.61. The first-order chi connectivity index (χ1) is 15.3. The number of nitro groups is 2. The average Bonchev–Trinajstić information content (AvgIpc) is 2.81. The molecular weight excluding hydrogens is 422 g/mol. The largest absolute Gasteiger partial charge is 0.369 e. The fourth-order valence-electron chi connectivity index (χ4n) is 2.46. The van der Waals surface area contributed by atoms with Crippen molar-refractivity contribution in [3.8, 4) is 0 Å². The zero-order valence-corrected chi connectivity index (χ0v) is 16.1. The van der Waals surface area contributed by atoms with Crippen LogP contribution in [0.3, 0.4) is 0 Å². The lowest BCUT2D eigenvalue weighted by atomic mass is 10.1. The van der Waals surface area contributed by atoms with E-state index in [9.17, 15) is 29.8 Å². The minimum absolute atomic E-state index is 0.302. The Morgan fingerprint density at radius 3 is 2.19 bits per heavy atom. The maximum atomic E-state index is 12.2. The maximum absolute atomic E-state index is 12.2. The van der Waals surface area contributed by atoms with E-state index in [4.69, 9.17) is 4.84 Å². The number of carbonyl (C=O) groups is 2. The number of rotatable bonds is 7. The summed E-state index contributed by atoms with van der Waals surface area (Å²) in [7, 11) is 0. The highest BCUT2D eigenvalue weighted by Crippen LogP contribution is 2.25. The summed E-state index contributed by atoms with van der Waals surface area (Å²) >= 11 is 0. The number of nitro benzene ring substituents is 2. The number of azo groups is 1. The molecule has 0 saturated heterocycles. The van der Waals surface area contributed by atoms with Crippen LogP contribution in [0.15, 0.2) is 83.0 Å². The van der Waals surface area contributed by atoms with Crippen LogP contribution in [0.2, 0.25) is 0 Å². The number of hydrogen-bond donors (Lipinski definition) is 1. The predicted molar refractivity (Wildman–Crippen MR) is 111 cm³/mol. The van der Waals surface area contributed by atoms with Crippen LogP contribution in [0.1, 0.15) is 20.7 Å². The minimum Gasteiger partial charge on any atom is -0.338 e. The molecule has 0 atom stereocenters. The third-order valence-corrected chi connectivity index (χ3v) is 4.01. The Bertz CT molecular complexity index is 1210. The molecule has 0 bridgehead atoms. The molecule has 3 aromatic rings. The van der Waals surface area contributed by atoms with Crippen molar-refractivity contribution in [2.24, 2.45) is 10.2 Å². The van der Waals surface area contributed by atoms with Crippen LogP contribution < -0.4 is 5.48 Å². The number of nitrogens with one attached hydrogen (secondary N) is 1. The van der Waals surface area contributed by atoms with Crippen molar-refractivity contribution in [3.63, 3.8) is 0 Å². The van der Waals surface area contributed by atoms with Gasteiger partial charge >= 0.3 is 5.97 Å². The minimum atomic E-state index is -1.11. The smallest absolute Gasteiger partial charge is 0.338 e. The summed E-state index contributed by atoms with van der Waals surface area (Å²) < 4.78 is 0. The Morgan fingerprint density at radius 1 is 0.875 bits per heavy atom. The molecule has 1 N–H and O–H groups in total. The van der Waals surface area contributed by atoms with Gasteiger partial charge in [-0.05, 0) is 42.5 Å². The lowest BCUT2D eigenvalue weighted by Crippen LogP contribution is -2.12. The molecule has 3 rings (SSSR count). The average molecular weight is 435 g/mol. The summed E-state index contributed by atoms with van der Waals surface area (Å²) in [4.78, 5) is 49.1. The van der Waals surface area contributed by atoms with Gasteiger partial charge in [0.15, 0.2) is 0 Å². The van der Waals surface area contributed by atoms with E-state index in [1.807, 2.05) is 0 Å². The van der Waals surface area contributed by atoms with Crippen molar-refractivity contribution in [1.82, 2.24) is 0 Å². The lowest BCUT2D eigenvalue weighted by Gasteiger charge is -2.07. The molecule has 0 aromatic heterocycles. The number of hydrogen-bond acceptors (Lipinski definition) is 9. The molecule has 3 aromatic carbocycles. The van der Waals surface area contributed by atoms with Gasteiger partial charge in [0.25, 0.3) is 17.3 Å². The van der Waals surface area contributed by atoms with E-state index in [1.54, 1.807) is 30.3 Å². The van der Waals surface area contributed by atoms with E-state index in [0.29, 0.717) is 23.0 Å². The van der Waals surface area contributed by atoms with Crippen molar-refractivity contribution in [2.75, 3.05) is 5.48 Å². The van der Waals surface area contributed by atoms with Crippen LogP contribution in [0, 0.1) is 20.2 Å². The lowest BCUT2D eigenvalue weighted by molar-refractivity contribution is -0.394. The first-order valence-electron chi connectivity index (χ1n) is 8.86. The molecule has 160 valence electrons. The fourth-order valence-corrected chi connectivity index (χ4v) is 2.46. The van der Waals surface area contributed by atoms with E-state index >= 15 is 0 Å². The SMILES string of the molecule is O=C(N=Nc1ccc(NOC(=O)c2ccc([N+](=O)[O-])cc2[N+](=O)[O-])cc1)c1ccccc1. The van der Waals surface area contributed by atoms with Crippen LogP contribution in [0.4, 0.5) is 22.7 Å². The highest BCUT2D eigenvalue weighted by Gasteiger charge is 2.25. The van der Waals surface area contributed by atoms with Crippen molar-refractivity contribution in [1.29, 1.82) is 0 Å². The van der Waals surface area contributed by atoms with E-state index in [0.717, 1.165) is 12.1 Å². The van der Waals surface area contributed by atoms with Crippen LogP contribution in [-0.2, 0) is 4.84 Å². The van der Waals surface area contributed by atoms with Gasteiger partial charge in [0.2, 0.25) is 0 Å². The molecule has 0 fully saturated rings. The summed E-state index contributed by atoms with van der Waals surface area (Å²) in [6.07, 6.45) is 0. The Morgan fingerprint density at radius 2 is 1.56 bits per heavy atom. The highest BCUT2D eigenvalue weighted by atomic mass is 16.7. The van der Waals surface area contributed by atoms with Gasteiger partial charge in [-0.15, -0.1) is 10.2 Å². The standard InChI is InChI=1S/C20H13N5O7/c26-19(13-4-2-1-3-5-13)22-21-14-6-8-15(9-7-14)23-32-20(27)17-11-10-16(24(28)29)12-18(17)25(30)31/h1-12,23H. The van der Waals surface area contributed by atoms with E-state index in [1.165, 1.54) is 24.3 Å². The molecular formula is C20H13N5O7. The zero-order valence-electron chi connectivity index (χ0n) is 16.1. The van der Waals surface area contributed by atoms with Crippen LogP contribution >= 0.6 is 0 Å². The maximum Gasteiger partial charge on any atom is 0.369 e. The molecule has 0 saturated carbocycles. The third-order valence-electron chi connectivity index (χ3n) is 4.01. The Kier molecular flexibility index (Phi) is 6.56. The molecule has 0 heterocycles. The number of amides is 1. The van der Waals surface area contributed by atoms with Gasteiger partial charge in [0, 0.05) is 11.6 Å². The number of nitrogens with zero attached hydrogens (tertiary/aromatic N) is 4. The Balaban J connectivity index is 1.63. The van der Waals surface area contributed by atoms with Crippen molar-refractivity contribution >= 4 is 34.6 Å². The number of carbonyl (C=O) groups excluding carboxylic acids is 2. The van der Waals surface area contributed by atoms with Gasteiger partial charge in [0.05, 0.1) is 27.3 Å². The van der Waals surface area contributed by atoms with Gasteiger partial charge in [-0.3, -0.25) is 25.0 Å². The van der Waals surface area contributed by atoms with E-state index in [-0.39, 0.29) is 0 Å². The summed E-state index contributed by atoms with van der Waals surface area (Å²) in [5.74, 6) is -1.62. The van der Waals surface area contributed by atoms with Crippen molar-refractivity contribution < 1.29 is 24.3 Å². The van der Waals surface area contributed by atoms with Crippen LogP contribution in [0.25, 0.3) is 0 Å². The second-order valence-corrected chi connectivity index (χ2v) is 6.13. The highest BCUT2D eigenvalue weighted by molar-refractivity contribution is 5.95. The van der Waals surface area contributed by atoms with Gasteiger partial charge in [-0.1, -0.05) is 18.2 Å². The molecule has 0 radical (unpaired) electrons. The van der Waals surface area contributed by atoms with Gasteiger partial charge in [0.1, 0.15) is 5.56 Å². The summed E-state index contributed by atoms with van der Waals surface area (Å²) in [6.45, 7) is 0. The van der Waals surface area contributed by atoms with Crippen LogP contribution in [0.5, 0.6) is 0 Å². The Hall–Kier alpha value is -5.00. The van der Waals surface area contributed by atoms with E-state index in [2.05, 4.69) is 15.7 Å². The molecule has 12 nitrogen and oxygen atoms in total. The first kappa shape index (κ1) is 21.7. The summed E-state index contributed by atoms with van der Waals surface area (Å²) in [5, 5.41) is 29.3. The molecule has 32 heavy (non-hydrogen) atoms. The summed E-state index contributed by atoms with van der Waals surface area (Å²) in [5.41, 5.74) is 1.62. The van der Waals surface area contributed by atoms with Gasteiger partial charge in [-0.25, -0.2) is 10.3 Å². The third kappa shape index (κ3) is 5.33. The molecule has 0 aliphatic heterocycles. The first-order valence-corrected chi connectivity index (χ1v) is 8.86. The van der Waals surface area contributed by atoms with Gasteiger partial charge < -0.3 is 4.84 Å². The monoisotopic (exact) mass is 435 g/mol. The molecule has 0 spiro atoms. The van der Waals surface area contributed by atoms with E-state index < -0.39 is 38.7 Å². The fraction of sp³-hybridized carbons (Fsp3) is 0. The van der Waals surface area contributed by atoms with Crippen molar-refractivity contribution in [2.45, 2.75) is 0 Å². The van der Waals surface area contributed by atoms with Crippen LogP contribution in [-0.4, -0.2) is 21.7 Å². The normalized spacial score (nSPS) is 10.5. The summed E-state index contributed by atoms with van der Waals surface area (Å²) in [6, 6.07) is 16.9. The number of anilines is 1. The zero-order chi connectivity index (χ0) is 23.1. The van der Waals surface area contributed by atoms with Gasteiger partial charge in [-0.2, -0.15) is 0 Å². The number of benzene rings is 3. The topological polar surface area (TPSA) is 166 Å². The number of non-ortho nitro benzene ring substituents is 1. The molecule has 0 aliphatic carbocycles. The Labute approximate surface area is 179 Å². The second kappa shape index (κ2) is 9.67. The molecule has 0 unspecified atom stereocenters. The van der Waals surface area contributed by atoms with Crippen molar-refractivity contribution in [3.05, 3.63) is 104 Å². The quantitative estimate of drug-likeness (QED) is 0.319.